The molecule has 0 N–H and O–H groups in total. The van der Waals surface area contributed by atoms with Crippen LogP contribution in [0.4, 0.5) is 0 Å². The second kappa shape index (κ2) is 2.70. The van der Waals surface area contributed by atoms with Gasteiger partial charge in [-0.3, -0.25) is 4.99 Å². The van der Waals surface area contributed by atoms with Crippen molar-refractivity contribution in [3.8, 4) is 0 Å². The van der Waals surface area contributed by atoms with Gasteiger partial charge in [-0.2, -0.15) is 0 Å². The molecule has 55 valence electrons. The van der Waals surface area contributed by atoms with Gasteiger partial charge in [-0.25, -0.2) is 0 Å². The van der Waals surface area contributed by atoms with Gasteiger partial charge < -0.3 is 0 Å². The van der Waals surface area contributed by atoms with E-state index in [0.29, 0.717) is 0 Å². The van der Waals surface area contributed by atoms with E-state index in [-0.39, 0.29) is 0 Å². The largest absolute Gasteiger partial charge is 0.256 e. The molecule has 0 unspecified atom stereocenters. The van der Waals surface area contributed by atoms with E-state index in [1.165, 1.54) is 10.8 Å². The number of allylic oxidation sites excluding steroid dienone is 3. The van der Waals surface area contributed by atoms with Gasteiger partial charge in [0.15, 0.2) is 0 Å². The van der Waals surface area contributed by atoms with Gasteiger partial charge in [-0.05, 0) is 24.0 Å². The Bertz CT molecular complexity index is 284. The van der Waals surface area contributed by atoms with Gasteiger partial charge in [0, 0.05) is 6.20 Å². The van der Waals surface area contributed by atoms with E-state index in [2.05, 4.69) is 29.5 Å². The average Bonchev–Trinajstić information content (AvgIpc) is 2.50. The molecule has 2 rings (SSSR count). The number of nitrogens with zero attached hydrogens (tertiary/aromatic N) is 1. The van der Waals surface area contributed by atoms with Crippen LogP contribution in [0.3, 0.4) is 0 Å². The van der Waals surface area contributed by atoms with Crippen molar-refractivity contribution in [2.75, 3.05) is 6.26 Å². The Labute approximate surface area is 70.6 Å². The van der Waals surface area contributed by atoms with Gasteiger partial charge in [0.1, 0.15) is 0 Å². The Morgan fingerprint density at radius 2 is 2.18 bits per heavy atom. The van der Waals surface area contributed by atoms with Gasteiger partial charge >= 0.3 is 0 Å². The highest BCUT2D eigenvalue weighted by Crippen LogP contribution is 2.27. The molecule has 0 aromatic carbocycles. The molecule has 1 aliphatic carbocycles. The van der Waals surface area contributed by atoms with Crippen molar-refractivity contribution in [2.45, 2.75) is 0 Å². The third-order valence-electron chi connectivity index (χ3n) is 1.70. The molecule has 2 aliphatic rings. The van der Waals surface area contributed by atoms with Crippen LogP contribution in [0.2, 0.25) is 0 Å². The topological polar surface area (TPSA) is 12.4 Å². The monoisotopic (exact) mass is 162 g/mol. The van der Waals surface area contributed by atoms with Crippen molar-refractivity contribution in [2.24, 2.45) is 4.99 Å². The first-order valence-corrected chi connectivity index (χ1v) is 4.68. The summed E-state index contributed by atoms with van der Waals surface area (Å²) in [5.74, 6) is 0. The molecule has 0 atom stereocenters. The maximum atomic E-state index is 4.18. The molecule has 11 heavy (non-hydrogen) atoms. The summed E-state index contributed by atoms with van der Waals surface area (Å²) in [4.78, 5) is 4.18. The van der Waals surface area contributed by atoms with Crippen molar-refractivity contribution in [1.82, 2.24) is 0 Å². The molecule has 1 heterocycles. The van der Waals surface area contributed by atoms with Crippen LogP contribution >= 0.6 is 11.8 Å². The van der Waals surface area contributed by atoms with Crippen molar-refractivity contribution < 1.29 is 0 Å². The predicted molar refractivity (Wildman–Crippen MR) is 50.6 cm³/mol. The Morgan fingerprint density at radius 3 is 3.00 bits per heavy atom. The van der Waals surface area contributed by atoms with Crippen LogP contribution in [0, 0.1) is 5.25 Å². The Morgan fingerprint density at radius 1 is 1.27 bits per heavy atom. The molecular formula is C9H8NS. The van der Waals surface area contributed by atoms with E-state index < -0.39 is 0 Å². The lowest BCUT2D eigenvalue weighted by Gasteiger charge is -2.09. The maximum Gasteiger partial charge on any atom is 0.0746 e. The zero-order valence-electron chi connectivity index (χ0n) is 6.24. The highest BCUT2D eigenvalue weighted by atomic mass is 32.2. The molecule has 0 saturated carbocycles. The quantitative estimate of drug-likeness (QED) is 0.576. The Hall–Kier alpha value is -0.760. The minimum Gasteiger partial charge on any atom is -0.256 e. The van der Waals surface area contributed by atoms with Crippen molar-refractivity contribution in [1.29, 1.82) is 0 Å². The SMILES string of the molecule is CS[C]1C=CC2=NC=CC2=C1. The van der Waals surface area contributed by atoms with E-state index >= 15 is 0 Å². The zero-order chi connectivity index (χ0) is 7.68. The van der Waals surface area contributed by atoms with Crippen LogP contribution in [-0.4, -0.2) is 12.0 Å². The normalized spacial score (nSPS) is 21.5. The molecule has 1 aliphatic heterocycles. The number of thioether (sulfide) groups is 1. The van der Waals surface area contributed by atoms with Gasteiger partial charge in [-0.15, -0.1) is 11.8 Å². The lowest BCUT2D eigenvalue weighted by atomic mass is 10.1. The summed E-state index contributed by atoms with van der Waals surface area (Å²) in [6.45, 7) is 0. The van der Waals surface area contributed by atoms with Crippen LogP contribution in [0.1, 0.15) is 0 Å². The number of hydrogen-bond donors (Lipinski definition) is 0. The third kappa shape index (κ3) is 1.18. The fourth-order valence-electron chi connectivity index (χ4n) is 1.11. The second-order valence-electron chi connectivity index (χ2n) is 2.37. The number of fused-ring (bicyclic) bond motifs is 1. The van der Waals surface area contributed by atoms with E-state index in [4.69, 9.17) is 0 Å². The molecule has 2 heteroatoms. The smallest absolute Gasteiger partial charge is 0.0746 e. The molecule has 0 spiro atoms. The molecule has 0 saturated heterocycles. The molecule has 0 bridgehead atoms. The first-order valence-electron chi connectivity index (χ1n) is 3.45. The second-order valence-corrected chi connectivity index (χ2v) is 3.25. The van der Waals surface area contributed by atoms with Crippen LogP contribution in [0.15, 0.2) is 41.1 Å². The molecule has 0 aromatic rings. The first kappa shape index (κ1) is 6.92. The zero-order valence-corrected chi connectivity index (χ0v) is 7.06. The van der Waals surface area contributed by atoms with E-state index in [0.717, 1.165) is 5.71 Å². The molecule has 0 amide bonds. The van der Waals surface area contributed by atoms with Crippen molar-refractivity contribution in [3.05, 3.63) is 41.3 Å². The molecule has 1 nitrogen and oxygen atoms in total. The lowest BCUT2D eigenvalue weighted by Crippen LogP contribution is -2.00. The van der Waals surface area contributed by atoms with E-state index in [9.17, 15) is 0 Å². The average molecular weight is 162 g/mol. The van der Waals surface area contributed by atoms with Crippen molar-refractivity contribution in [3.63, 3.8) is 0 Å². The standard InChI is InChI=1S/C9H8NS/c1-11-8-2-3-9-7(6-8)4-5-10-9/h2-6H,1H3. The third-order valence-corrected chi connectivity index (χ3v) is 2.43. The fraction of sp³-hybridized carbons (Fsp3) is 0.111. The maximum absolute atomic E-state index is 4.18. The summed E-state index contributed by atoms with van der Waals surface area (Å²) >= 11 is 1.76. The minimum absolute atomic E-state index is 1.09. The van der Waals surface area contributed by atoms with Crippen LogP contribution in [-0.2, 0) is 0 Å². The molecular weight excluding hydrogens is 154 g/mol. The van der Waals surface area contributed by atoms with E-state index in [1.54, 1.807) is 11.8 Å². The molecule has 0 aromatic heterocycles. The van der Waals surface area contributed by atoms with Gasteiger partial charge in [0.2, 0.25) is 0 Å². The number of hydrogen-bond acceptors (Lipinski definition) is 2. The van der Waals surface area contributed by atoms with Crippen molar-refractivity contribution >= 4 is 17.5 Å². The predicted octanol–water partition coefficient (Wildman–Crippen LogP) is 2.35. The summed E-state index contributed by atoms with van der Waals surface area (Å²) < 4.78 is 0. The highest BCUT2D eigenvalue weighted by molar-refractivity contribution is 8.01. The summed E-state index contributed by atoms with van der Waals surface area (Å²) in [7, 11) is 0. The summed E-state index contributed by atoms with van der Waals surface area (Å²) in [5.41, 5.74) is 2.32. The molecule has 0 fully saturated rings. The van der Waals surface area contributed by atoms with Gasteiger partial charge in [0.05, 0.1) is 11.0 Å². The molecule has 1 radical (unpaired) electrons. The van der Waals surface area contributed by atoms with Gasteiger partial charge in [0.25, 0.3) is 0 Å². The van der Waals surface area contributed by atoms with Crippen LogP contribution in [0.5, 0.6) is 0 Å². The number of aliphatic imine (C=N–C) groups is 1. The summed E-state index contributed by atoms with van der Waals surface area (Å²) in [6, 6.07) is 0. The van der Waals surface area contributed by atoms with Gasteiger partial charge in [-0.1, -0.05) is 12.2 Å². The Balaban J connectivity index is 2.30. The lowest BCUT2D eigenvalue weighted by molar-refractivity contribution is 1.58. The summed E-state index contributed by atoms with van der Waals surface area (Å²) in [6.07, 6.45) is 12.3. The first-order chi connectivity index (χ1) is 5.40. The highest BCUT2D eigenvalue weighted by Gasteiger charge is 2.13. The fourth-order valence-corrected chi connectivity index (χ4v) is 1.56. The van der Waals surface area contributed by atoms with Crippen LogP contribution < -0.4 is 0 Å². The van der Waals surface area contributed by atoms with Crippen LogP contribution in [0.25, 0.3) is 0 Å². The Kier molecular flexibility index (Phi) is 1.70. The minimum atomic E-state index is 1.09. The van der Waals surface area contributed by atoms with E-state index in [1.807, 2.05) is 12.3 Å². The number of rotatable bonds is 1. The summed E-state index contributed by atoms with van der Waals surface area (Å²) in [5, 5.41) is 1.30.